The third-order valence-corrected chi connectivity index (χ3v) is 4.41. The topological polar surface area (TPSA) is 71.8 Å². The van der Waals surface area contributed by atoms with Crippen molar-refractivity contribution in [1.29, 1.82) is 0 Å². The number of pyridine rings is 1. The lowest BCUT2D eigenvalue weighted by molar-refractivity contribution is -0.167. The molecule has 3 rings (SSSR count). The van der Waals surface area contributed by atoms with E-state index in [1.165, 1.54) is 0 Å². The van der Waals surface area contributed by atoms with Gasteiger partial charge in [-0.2, -0.15) is 0 Å². The average molecular weight is 298 g/mol. The highest BCUT2D eigenvalue weighted by molar-refractivity contribution is 6.12. The number of benzene rings is 1. The van der Waals surface area contributed by atoms with E-state index in [0.717, 1.165) is 10.8 Å². The number of carbonyl (C=O) groups is 1. The number of oxime groups is 1. The first-order chi connectivity index (χ1) is 10.6. The van der Waals surface area contributed by atoms with E-state index in [2.05, 4.69) is 10.1 Å². The lowest BCUT2D eigenvalue weighted by Gasteiger charge is -2.27. The average Bonchev–Trinajstić information content (AvgIpc) is 2.94. The van der Waals surface area contributed by atoms with Crippen molar-refractivity contribution in [2.75, 3.05) is 0 Å². The first-order valence-electron chi connectivity index (χ1n) is 7.47. The van der Waals surface area contributed by atoms with Gasteiger partial charge in [0, 0.05) is 11.6 Å². The highest BCUT2D eigenvalue weighted by Gasteiger charge is 2.53. The zero-order chi connectivity index (χ0) is 15.7. The Morgan fingerprint density at radius 2 is 2.09 bits per heavy atom. The van der Waals surface area contributed by atoms with E-state index in [0.29, 0.717) is 24.2 Å². The van der Waals surface area contributed by atoms with E-state index in [9.17, 15) is 9.90 Å². The van der Waals surface area contributed by atoms with Gasteiger partial charge >= 0.3 is 5.97 Å². The summed E-state index contributed by atoms with van der Waals surface area (Å²) in [7, 11) is 0. The van der Waals surface area contributed by atoms with Gasteiger partial charge in [0.2, 0.25) is 5.60 Å². The molecule has 0 bridgehead atoms. The largest absolute Gasteiger partial charge is 0.478 e. The number of aliphatic carboxylic acids is 1. The molecule has 114 valence electrons. The molecule has 22 heavy (non-hydrogen) atoms. The van der Waals surface area contributed by atoms with Crippen molar-refractivity contribution in [2.45, 2.75) is 32.3 Å². The minimum atomic E-state index is -1.29. The molecule has 0 amide bonds. The lowest BCUT2D eigenvalue weighted by atomic mass is 9.79. The lowest BCUT2D eigenvalue weighted by Crippen LogP contribution is -2.46. The second kappa shape index (κ2) is 5.40. The first-order valence-corrected chi connectivity index (χ1v) is 7.47. The number of aromatic nitrogens is 1. The summed E-state index contributed by atoms with van der Waals surface area (Å²) >= 11 is 0. The number of nitrogens with zero attached hydrogens (tertiary/aromatic N) is 2. The van der Waals surface area contributed by atoms with E-state index in [-0.39, 0.29) is 5.92 Å². The van der Waals surface area contributed by atoms with Crippen molar-refractivity contribution in [1.82, 2.24) is 4.98 Å². The third kappa shape index (κ3) is 1.96. The van der Waals surface area contributed by atoms with Gasteiger partial charge in [-0.1, -0.05) is 43.3 Å². The summed E-state index contributed by atoms with van der Waals surface area (Å²) in [5, 5.41) is 15.8. The maximum Gasteiger partial charge on any atom is 0.351 e. The Kier molecular flexibility index (Phi) is 3.56. The number of fused-ring (bicyclic) bond motifs is 1. The van der Waals surface area contributed by atoms with Crippen molar-refractivity contribution in [2.24, 2.45) is 11.1 Å². The summed E-state index contributed by atoms with van der Waals surface area (Å²) in [6.45, 7) is 3.76. The number of hydrogen-bond donors (Lipinski definition) is 1. The Balaban J connectivity index is 2.14. The van der Waals surface area contributed by atoms with Gasteiger partial charge in [0.15, 0.2) is 0 Å². The normalized spacial score (nSPS) is 24.1. The van der Waals surface area contributed by atoms with Gasteiger partial charge in [-0.25, -0.2) is 4.79 Å². The molecule has 0 fully saturated rings. The van der Waals surface area contributed by atoms with Crippen LogP contribution < -0.4 is 0 Å². The molecule has 2 aromatic rings. The van der Waals surface area contributed by atoms with Crippen LogP contribution >= 0.6 is 0 Å². The Hall–Kier alpha value is -2.43. The Labute approximate surface area is 128 Å². The van der Waals surface area contributed by atoms with Crippen LogP contribution in [0.5, 0.6) is 0 Å². The van der Waals surface area contributed by atoms with Crippen LogP contribution in [0.4, 0.5) is 0 Å². The molecule has 5 heteroatoms. The predicted octanol–water partition coefficient (Wildman–Crippen LogP) is 3.23. The summed E-state index contributed by atoms with van der Waals surface area (Å²) in [5.41, 5.74) is 0.0491. The fourth-order valence-electron chi connectivity index (χ4n) is 3.18. The summed E-state index contributed by atoms with van der Waals surface area (Å²) < 4.78 is 0. The molecular weight excluding hydrogens is 280 g/mol. The van der Waals surface area contributed by atoms with Crippen LogP contribution in [0, 0.1) is 5.92 Å². The molecule has 0 saturated heterocycles. The minimum absolute atomic E-state index is 0.312. The molecule has 0 spiro atoms. The maximum atomic E-state index is 11.7. The molecule has 0 radical (unpaired) electrons. The molecule has 5 nitrogen and oxygen atoms in total. The second-order valence-corrected chi connectivity index (χ2v) is 5.46. The summed E-state index contributed by atoms with van der Waals surface area (Å²) in [6.07, 6.45) is 2.71. The fraction of sp³-hybridized carbons (Fsp3) is 0.353. The molecule has 2 heterocycles. The van der Waals surface area contributed by atoms with Crippen LogP contribution in [0.2, 0.25) is 0 Å². The summed E-state index contributed by atoms with van der Waals surface area (Å²) in [6, 6.07) is 9.81. The quantitative estimate of drug-likeness (QED) is 0.940. The molecule has 0 aliphatic carbocycles. The van der Waals surface area contributed by atoms with E-state index in [1.807, 2.05) is 44.2 Å². The number of hydrogen-bond acceptors (Lipinski definition) is 4. The fourth-order valence-corrected chi connectivity index (χ4v) is 3.18. The second-order valence-electron chi connectivity index (χ2n) is 5.46. The van der Waals surface area contributed by atoms with E-state index >= 15 is 0 Å². The maximum absolute atomic E-state index is 11.7. The minimum Gasteiger partial charge on any atom is -0.478 e. The molecule has 0 saturated carbocycles. The van der Waals surface area contributed by atoms with Crippen molar-refractivity contribution in [3.05, 3.63) is 42.2 Å². The van der Waals surface area contributed by atoms with Crippen molar-refractivity contribution >= 4 is 22.5 Å². The molecule has 2 unspecified atom stereocenters. The number of rotatable bonds is 4. The zero-order valence-electron chi connectivity index (χ0n) is 12.6. The van der Waals surface area contributed by atoms with Gasteiger partial charge in [-0.05, 0) is 24.3 Å². The van der Waals surface area contributed by atoms with Crippen LogP contribution in [0.3, 0.4) is 0 Å². The molecule has 1 aromatic carbocycles. The van der Waals surface area contributed by atoms with E-state index in [4.69, 9.17) is 4.84 Å². The van der Waals surface area contributed by atoms with Crippen LogP contribution in [0.15, 0.2) is 41.7 Å². The van der Waals surface area contributed by atoms with E-state index < -0.39 is 11.6 Å². The Morgan fingerprint density at radius 1 is 1.32 bits per heavy atom. The molecule has 1 N–H and O–H groups in total. The molecule has 1 aliphatic rings. The standard InChI is InChI=1S/C17H18N2O3/c1-3-13-15(19-22-17(13,4-2)16(20)21)14-12-8-6-5-7-11(12)9-10-18-14/h5-10,13H,3-4H2,1-2H3,(H,20,21). The van der Waals surface area contributed by atoms with Crippen LogP contribution in [0.25, 0.3) is 10.8 Å². The van der Waals surface area contributed by atoms with Gasteiger partial charge in [0.05, 0.1) is 11.6 Å². The van der Waals surface area contributed by atoms with Gasteiger partial charge in [-0.3, -0.25) is 4.98 Å². The summed E-state index contributed by atoms with van der Waals surface area (Å²) in [4.78, 5) is 21.6. The van der Waals surface area contributed by atoms with Crippen LogP contribution in [0.1, 0.15) is 32.4 Å². The Morgan fingerprint density at radius 3 is 2.77 bits per heavy atom. The van der Waals surface area contributed by atoms with Gasteiger partial charge in [0.25, 0.3) is 0 Å². The highest BCUT2D eigenvalue weighted by Crippen LogP contribution is 2.38. The SMILES string of the molecule is CCC1C(c2nccc3ccccc23)=NOC1(CC)C(=O)O. The predicted molar refractivity (Wildman–Crippen MR) is 83.8 cm³/mol. The molecule has 2 atom stereocenters. The first kappa shape index (κ1) is 14.5. The van der Waals surface area contributed by atoms with Crippen molar-refractivity contribution in [3.8, 4) is 0 Å². The van der Waals surface area contributed by atoms with Crippen LogP contribution in [-0.4, -0.2) is 27.4 Å². The smallest absolute Gasteiger partial charge is 0.351 e. The van der Waals surface area contributed by atoms with Crippen molar-refractivity contribution < 1.29 is 14.7 Å². The zero-order valence-corrected chi connectivity index (χ0v) is 12.6. The van der Waals surface area contributed by atoms with Crippen LogP contribution in [-0.2, 0) is 9.63 Å². The van der Waals surface area contributed by atoms with Crippen molar-refractivity contribution in [3.63, 3.8) is 0 Å². The van der Waals surface area contributed by atoms with Gasteiger partial charge in [0.1, 0.15) is 5.71 Å². The van der Waals surface area contributed by atoms with Gasteiger partial charge < -0.3 is 9.94 Å². The molecule has 1 aromatic heterocycles. The molecule has 1 aliphatic heterocycles. The monoisotopic (exact) mass is 298 g/mol. The van der Waals surface area contributed by atoms with E-state index in [1.54, 1.807) is 6.20 Å². The molecular formula is C17H18N2O3. The number of carboxylic acids is 1. The third-order valence-electron chi connectivity index (χ3n) is 4.41. The number of carboxylic acid groups (broad SMARTS) is 1. The highest BCUT2D eigenvalue weighted by atomic mass is 16.7. The summed E-state index contributed by atoms with van der Waals surface area (Å²) in [5.74, 6) is -1.28. The van der Waals surface area contributed by atoms with Gasteiger partial charge in [-0.15, -0.1) is 0 Å². The Bertz CT molecular complexity index is 751.